The number of carbonyl (C=O) groups excluding carboxylic acids is 2. The largest absolute Gasteiger partial charge is 0.326 e. The van der Waals surface area contributed by atoms with Gasteiger partial charge in [-0.15, -0.1) is 0 Å². The van der Waals surface area contributed by atoms with Crippen molar-refractivity contribution in [1.82, 2.24) is 0 Å². The Morgan fingerprint density at radius 1 is 1.04 bits per heavy atom. The van der Waals surface area contributed by atoms with Gasteiger partial charge in [-0.2, -0.15) is 0 Å². The van der Waals surface area contributed by atoms with Crippen LogP contribution in [-0.4, -0.2) is 11.8 Å². The van der Waals surface area contributed by atoms with Crippen LogP contribution in [0.15, 0.2) is 54.6 Å². The molecule has 0 fully saturated rings. The van der Waals surface area contributed by atoms with Crippen LogP contribution >= 0.6 is 11.6 Å². The minimum absolute atomic E-state index is 0.0383. The zero-order valence-electron chi connectivity index (χ0n) is 13.4. The van der Waals surface area contributed by atoms with Gasteiger partial charge in [0.2, 0.25) is 11.8 Å². The van der Waals surface area contributed by atoms with Crippen LogP contribution in [-0.2, 0) is 9.59 Å². The summed E-state index contributed by atoms with van der Waals surface area (Å²) in [6.45, 7) is 1.95. The average molecular weight is 343 g/mol. The van der Waals surface area contributed by atoms with Crippen molar-refractivity contribution in [2.75, 3.05) is 10.6 Å². The summed E-state index contributed by atoms with van der Waals surface area (Å²) < 4.78 is 0. The van der Waals surface area contributed by atoms with E-state index >= 15 is 0 Å². The molecule has 4 nitrogen and oxygen atoms in total. The van der Waals surface area contributed by atoms with Crippen molar-refractivity contribution in [1.29, 1.82) is 0 Å². The molecule has 5 heteroatoms. The molecule has 0 unspecified atom stereocenters. The molecule has 0 spiro atoms. The first-order chi connectivity index (χ1) is 11.6. The number of rotatable bonds is 6. The molecular formula is C19H19ClN2O2. The number of hydrogen-bond donors (Lipinski definition) is 2. The smallest absolute Gasteiger partial charge is 0.248 e. The number of amides is 2. The molecule has 0 heterocycles. The third-order valence-electron chi connectivity index (χ3n) is 3.19. The van der Waals surface area contributed by atoms with Crippen LogP contribution in [0.4, 0.5) is 11.4 Å². The van der Waals surface area contributed by atoms with E-state index in [2.05, 4.69) is 10.6 Å². The van der Waals surface area contributed by atoms with Gasteiger partial charge in [0, 0.05) is 28.9 Å². The van der Waals surface area contributed by atoms with Gasteiger partial charge in [-0.3, -0.25) is 9.59 Å². The van der Waals surface area contributed by atoms with E-state index in [1.54, 1.807) is 42.5 Å². The predicted molar refractivity (Wildman–Crippen MR) is 99.1 cm³/mol. The van der Waals surface area contributed by atoms with Crippen LogP contribution in [0.5, 0.6) is 0 Å². The van der Waals surface area contributed by atoms with Crippen molar-refractivity contribution >= 4 is 40.9 Å². The second-order valence-electron chi connectivity index (χ2n) is 5.25. The van der Waals surface area contributed by atoms with Gasteiger partial charge < -0.3 is 10.6 Å². The van der Waals surface area contributed by atoms with E-state index < -0.39 is 0 Å². The van der Waals surface area contributed by atoms with E-state index in [0.29, 0.717) is 22.8 Å². The Balaban J connectivity index is 1.96. The molecular weight excluding hydrogens is 324 g/mol. The minimum atomic E-state index is -0.248. The fourth-order valence-corrected chi connectivity index (χ4v) is 2.18. The van der Waals surface area contributed by atoms with E-state index in [-0.39, 0.29) is 11.8 Å². The van der Waals surface area contributed by atoms with Crippen LogP contribution in [0.1, 0.15) is 25.3 Å². The van der Waals surface area contributed by atoms with Crippen LogP contribution < -0.4 is 10.6 Å². The van der Waals surface area contributed by atoms with Crippen LogP contribution in [0.25, 0.3) is 6.08 Å². The summed E-state index contributed by atoms with van der Waals surface area (Å²) in [5.74, 6) is -0.286. The third kappa shape index (κ3) is 5.89. The van der Waals surface area contributed by atoms with Crippen molar-refractivity contribution in [3.8, 4) is 0 Å². The average Bonchev–Trinajstić information content (AvgIpc) is 2.55. The Morgan fingerprint density at radius 3 is 2.38 bits per heavy atom. The molecule has 0 saturated carbocycles. The predicted octanol–water partition coefficient (Wildman–Crippen LogP) is 4.73. The zero-order chi connectivity index (χ0) is 17.4. The van der Waals surface area contributed by atoms with Gasteiger partial charge >= 0.3 is 0 Å². The standard InChI is InChI=1S/C19H19ClN2O2/c1-2-4-18(23)21-16-5-3-6-17(13-16)22-19(24)12-9-14-7-10-15(20)11-8-14/h3,5-13H,2,4H2,1H3,(H,21,23)(H,22,24). The summed E-state index contributed by atoms with van der Waals surface area (Å²) in [6, 6.07) is 14.2. The Labute approximate surface area is 146 Å². The molecule has 2 aromatic carbocycles. The maximum absolute atomic E-state index is 12.0. The molecule has 0 radical (unpaired) electrons. The van der Waals surface area contributed by atoms with Crippen LogP contribution in [0, 0.1) is 0 Å². The third-order valence-corrected chi connectivity index (χ3v) is 3.44. The lowest BCUT2D eigenvalue weighted by molar-refractivity contribution is -0.116. The Hall–Kier alpha value is -2.59. The summed E-state index contributed by atoms with van der Waals surface area (Å²) in [6.07, 6.45) is 4.42. The second-order valence-corrected chi connectivity index (χ2v) is 5.69. The number of halogens is 1. The molecule has 0 bridgehead atoms. The Bertz CT molecular complexity index is 739. The summed E-state index contributed by atoms with van der Waals surface area (Å²) in [4.78, 5) is 23.6. The van der Waals surface area contributed by atoms with E-state index in [9.17, 15) is 9.59 Å². The first-order valence-corrected chi connectivity index (χ1v) is 8.09. The molecule has 0 saturated heterocycles. The lowest BCUT2D eigenvalue weighted by Gasteiger charge is -2.07. The molecule has 24 heavy (non-hydrogen) atoms. The van der Waals surface area contributed by atoms with Gasteiger partial charge in [-0.25, -0.2) is 0 Å². The number of benzene rings is 2. The normalized spacial score (nSPS) is 10.6. The van der Waals surface area contributed by atoms with Gasteiger partial charge in [-0.05, 0) is 48.4 Å². The molecule has 124 valence electrons. The molecule has 0 aliphatic heterocycles. The van der Waals surface area contributed by atoms with Gasteiger partial charge in [0.1, 0.15) is 0 Å². The number of carbonyl (C=O) groups is 2. The van der Waals surface area contributed by atoms with Crippen molar-refractivity contribution in [2.24, 2.45) is 0 Å². The second kappa shape index (κ2) is 8.89. The quantitative estimate of drug-likeness (QED) is 0.745. The molecule has 0 aliphatic rings. The molecule has 2 rings (SSSR count). The highest BCUT2D eigenvalue weighted by Crippen LogP contribution is 2.16. The molecule has 2 aromatic rings. The Morgan fingerprint density at radius 2 is 1.71 bits per heavy atom. The van der Waals surface area contributed by atoms with Gasteiger partial charge in [0.05, 0.1) is 0 Å². The zero-order valence-corrected chi connectivity index (χ0v) is 14.1. The SMILES string of the molecule is CCCC(=O)Nc1cccc(NC(=O)C=Cc2ccc(Cl)cc2)c1. The molecule has 0 aromatic heterocycles. The fourth-order valence-electron chi connectivity index (χ4n) is 2.05. The Kier molecular flexibility index (Phi) is 6.58. The van der Waals surface area contributed by atoms with Gasteiger partial charge in [-0.1, -0.05) is 36.7 Å². The van der Waals surface area contributed by atoms with E-state index in [0.717, 1.165) is 12.0 Å². The summed E-state index contributed by atoms with van der Waals surface area (Å²) >= 11 is 5.82. The monoisotopic (exact) mass is 342 g/mol. The van der Waals surface area contributed by atoms with Crippen molar-refractivity contribution in [3.05, 3.63) is 65.2 Å². The number of anilines is 2. The van der Waals surface area contributed by atoms with E-state index in [1.807, 2.05) is 19.1 Å². The summed E-state index contributed by atoms with van der Waals surface area (Å²) in [7, 11) is 0. The summed E-state index contributed by atoms with van der Waals surface area (Å²) in [5.41, 5.74) is 2.16. The highest BCUT2D eigenvalue weighted by atomic mass is 35.5. The molecule has 2 N–H and O–H groups in total. The molecule has 0 atom stereocenters. The topological polar surface area (TPSA) is 58.2 Å². The maximum Gasteiger partial charge on any atom is 0.248 e. The fraction of sp³-hybridized carbons (Fsp3) is 0.158. The lowest BCUT2D eigenvalue weighted by atomic mass is 10.2. The maximum atomic E-state index is 12.0. The first-order valence-electron chi connectivity index (χ1n) is 7.71. The van der Waals surface area contributed by atoms with Crippen LogP contribution in [0.3, 0.4) is 0 Å². The van der Waals surface area contributed by atoms with E-state index in [1.165, 1.54) is 6.08 Å². The highest BCUT2D eigenvalue weighted by molar-refractivity contribution is 6.30. The van der Waals surface area contributed by atoms with Gasteiger partial charge in [0.25, 0.3) is 0 Å². The summed E-state index contributed by atoms with van der Waals surface area (Å²) in [5, 5.41) is 6.22. The van der Waals surface area contributed by atoms with Gasteiger partial charge in [0.15, 0.2) is 0 Å². The van der Waals surface area contributed by atoms with Crippen molar-refractivity contribution in [2.45, 2.75) is 19.8 Å². The highest BCUT2D eigenvalue weighted by Gasteiger charge is 2.03. The molecule has 2 amide bonds. The number of hydrogen-bond acceptors (Lipinski definition) is 2. The minimum Gasteiger partial charge on any atom is -0.326 e. The number of nitrogens with one attached hydrogen (secondary N) is 2. The van der Waals surface area contributed by atoms with E-state index in [4.69, 9.17) is 11.6 Å². The van der Waals surface area contributed by atoms with Crippen LogP contribution in [0.2, 0.25) is 5.02 Å². The molecule has 0 aliphatic carbocycles. The van der Waals surface area contributed by atoms with Crippen molar-refractivity contribution < 1.29 is 9.59 Å². The first kappa shape index (κ1) is 17.8. The van der Waals surface area contributed by atoms with Crippen molar-refractivity contribution in [3.63, 3.8) is 0 Å². The lowest BCUT2D eigenvalue weighted by Crippen LogP contribution is -2.11.